The zero-order valence-corrected chi connectivity index (χ0v) is 21.1. The summed E-state index contributed by atoms with van der Waals surface area (Å²) in [5, 5.41) is 4.17. The maximum Gasteiger partial charge on any atom is 0.281 e. The standard InChI is InChI=1S/C26H32N8O2/c1-25(2,3)33(4)21(35)16-34-15-19(14-31-34)22(36)32-23(27)26(10-5-11-26)20-8-6-17(7-9-20)18-12-29-24(28)30-13-18/h6-9,12-15H,5,10-11,16H2,1-4H3,(H2,27,32,36)(H2,28,29,30). The zero-order chi connectivity index (χ0) is 26.1. The molecule has 0 unspecified atom stereocenters. The van der Waals surface area contributed by atoms with Crippen LogP contribution in [-0.2, 0) is 16.8 Å². The number of amidine groups is 1. The van der Waals surface area contributed by atoms with Gasteiger partial charge in [-0.1, -0.05) is 30.7 Å². The van der Waals surface area contributed by atoms with Crippen molar-refractivity contribution in [1.29, 1.82) is 0 Å². The van der Waals surface area contributed by atoms with E-state index in [1.54, 1.807) is 24.3 Å². The lowest BCUT2D eigenvalue weighted by Gasteiger charge is -2.41. The largest absolute Gasteiger partial charge is 0.386 e. The van der Waals surface area contributed by atoms with Gasteiger partial charge in [0.15, 0.2) is 0 Å². The van der Waals surface area contributed by atoms with Crippen molar-refractivity contribution in [2.75, 3.05) is 12.8 Å². The predicted octanol–water partition coefficient (Wildman–Crippen LogP) is 2.80. The smallest absolute Gasteiger partial charge is 0.281 e. The molecule has 10 nitrogen and oxygen atoms in total. The third-order valence-electron chi connectivity index (χ3n) is 6.92. The van der Waals surface area contributed by atoms with Gasteiger partial charge in [-0.05, 0) is 44.7 Å². The second-order valence-corrected chi connectivity index (χ2v) is 10.2. The molecule has 4 N–H and O–H groups in total. The minimum atomic E-state index is -0.479. The second kappa shape index (κ2) is 9.52. The van der Waals surface area contributed by atoms with Crippen molar-refractivity contribution in [1.82, 2.24) is 24.6 Å². The Bertz CT molecular complexity index is 1280. The first-order chi connectivity index (χ1) is 17.0. The summed E-state index contributed by atoms with van der Waals surface area (Å²) in [4.78, 5) is 39.4. The Balaban J connectivity index is 1.49. The molecule has 0 saturated heterocycles. The number of anilines is 1. The topological polar surface area (TPSA) is 145 Å². The number of benzene rings is 1. The number of nitrogen functional groups attached to an aromatic ring is 1. The molecular formula is C26H32N8O2. The van der Waals surface area contributed by atoms with Crippen LogP contribution in [0.1, 0.15) is 56.0 Å². The Morgan fingerprint density at radius 2 is 1.72 bits per heavy atom. The molecule has 36 heavy (non-hydrogen) atoms. The van der Waals surface area contributed by atoms with Crippen LogP contribution in [0.15, 0.2) is 54.0 Å². The Morgan fingerprint density at radius 3 is 2.28 bits per heavy atom. The van der Waals surface area contributed by atoms with Gasteiger partial charge in [-0.2, -0.15) is 10.1 Å². The predicted molar refractivity (Wildman–Crippen MR) is 138 cm³/mol. The molecule has 0 bridgehead atoms. The molecule has 0 aliphatic heterocycles. The first kappa shape index (κ1) is 25.0. The summed E-state index contributed by atoms with van der Waals surface area (Å²) in [5.74, 6) is -0.0576. The maximum atomic E-state index is 12.9. The van der Waals surface area contributed by atoms with Crippen LogP contribution in [0.5, 0.6) is 0 Å². The van der Waals surface area contributed by atoms with Crippen molar-refractivity contribution < 1.29 is 9.59 Å². The Morgan fingerprint density at radius 1 is 1.08 bits per heavy atom. The van der Waals surface area contributed by atoms with Gasteiger partial charge in [0.1, 0.15) is 12.4 Å². The van der Waals surface area contributed by atoms with Crippen LogP contribution in [-0.4, -0.2) is 54.9 Å². The first-order valence-electron chi connectivity index (χ1n) is 11.9. The van der Waals surface area contributed by atoms with Crippen molar-refractivity contribution in [3.8, 4) is 11.1 Å². The number of hydrogen-bond donors (Lipinski definition) is 2. The first-order valence-corrected chi connectivity index (χ1v) is 11.9. The van der Waals surface area contributed by atoms with Crippen LogP contribution in [0.25, 0.3) is 11.1 Å². The number of carbonyl (C=O) groups excluding carboxylic acids is 2. The quantitative estimate of drug-likeness (QED) is 0.401. The van der Waals surface area contributed by atoms with Gasteiger partial charge in [-0.3, -0.25) is 14.3 Å². The number of aromatic nitrogens is 4. The van der Waals surface area contributed by atoms with Crippen molar-refractivity contribution >= 4 is 23.6 Å². The van der Waals surface area contributed by atoms with Gasteiger partial charge in [-0.15, -0.1) is 0 Å². The minimum Gasteiger partial charge on any atom is -0.386 e. The molecule has 188 valence electrons. The number of likely N-dealkylation sites (N-methyl/N-ethyl adjacent to an activating group) is 1. The van der Waals surface area contributed by atoms with E-state index in [1.165, 1.54) is 17.1 Å². The Hall–Kier alpha value is -4.08. The van der Waals surface area contributed by atoms with Crippen molar-refractivity contribution in [3.63, 3.8) is 0 Å². The van der Waals surface area contributed by atoms with Crippen molar-refractivity contribution in [2.24, 2.45) is 10.7 Å². The monoisotopic (exact) mass is 488 g/mol. The van der Waals surface area contributed by atoms with Gasteiger partial charge in [-0.25, -0.2) is 9.97 Å². The van der Waals surface area contributed by atoms with E-state index in [0.717, 1.165) is 36.0 Å². The number of rotatable bonds is 6. The van der Waals surface area contributed by atoms with E-state index in [0.29, 0.717) is 5.84 Å². The van der Waals surface area contributed by atoms with E-state index >= 15 is 0 Å². The van der Waals surface area contributed by atoms with Crippen LogP contribution in [0.2, 0.25) is 0 Å². The number of amides is 2. The molecule has 1 aliphatic rings. The van der Waals surface area contributed by atoms with E-state index in [1.807, 2.05) is 45.0 Å². The van der Waals surface area contributed by atoms with E-state index in [-0.39, 0.29) is 29.5 Å². The summed E-state index contributed by atoms with van der Waals surface area (Å²) in [5.41, 5.74) is 14.3. The van der Waals surface area contributed by atoms with E-state index < -0.39 is 11.3 Å². The van der Waals surface area contributed by atoms with Gasteiger partial charge in [0.2, 0.25) is 11.9 Å². The van der Waals surface area contributed by atoms with Crippen LogP contribution in [0.3, 0.4) is 0 Å². The molecule has 0 atom stereocenters. The number of aliphatic imine (C=N–C) groups is 1. The van der Waals surface area contributed by atoms with E-state index in [9.17, 15) is 9.59 Å². The number of nitrogens with zero attached hydrogens (tertiary/aromatic N) is 6. The fourth-order valence-electron chi connectivity index (χ4n) is 4.15. The third-order valence-corrected chi connectivity index (χ3v) is 6.92. The molecule has 4 rings (SSSR count). The average Bonchev–Trinajstić information content (AvgIpc) is 3.27. The lowest BCUT2D eigenvalue weighted by atomic mass is 9.63. The zero-order valence-electron chi connectivity index (χ0n) is 21.1. The van der Waals surface area contributed by atoms with Gasteiger partial charge in [0.25, 0.3) is 5.91 Å². The molecule has 10 heteroatoms. The Labute approximate surface area is 210 Å². The summed E-state index contributed by atoms with van der Waals surface area (Å²) in [6, 6.07) is 7.98. The Kier molecular flexibility index (Phi) is 6.62. The van der Waals surface area contributed by atoms with Crippen LogP contribution in [0.4, 0.5) is 5.95 Å². The summed E-state index contributed by atoms with van der Waals surface area (Å²) >= 11 is 0. The highest BCUT2D eigenvalue weighted by Crippen LogP contribution is 2.44. The van der Waals surface area contributed by atoms with Crippen LogP contribution in [0, 0.1) is 0 Å². The summed E-state index contributed by atoms with van der Waals surface area (Å²) in [6.45, 7) is 5.90. The maximum absolute atomic E-state index is 12.9. The molecule has 2 heterocycles. The lowest BCUT2D eigenvalue weighted by Crippen LogP contribution is -2.47. The highest BCUT2D eigenvalue weighted by molar-refractivity contribution is 6.06. The third kappa shape index (κ3) is 4.98. The SMILES string of the molecule is CN(C(=O)Cn1cc(C(=O)N=C(N)C2(c3ccc(-c4cnc(N)nc4)cc3)CCC2)cn1)C(C)(C)C. The number of hydrogen-bond acceptors (Lipinski definition) is 6. The normalized spacial score (nSPS) is 15.3. The fraction of sp³-hybridized carbons (Fsp3) is 0.385. The van der Waals surface area contributed by atoms with Gasteiger partial charge < -0.3 is 16.4 Å². The molecule has 0 spiro atoms. The van der Waals surface area contributed by atoms with E-state index in [2.05, 4.69) is 20.1 Å². The molecule has 1 saturated carbocycles. The molecule has 0 radical (unpaired) electrons. The highest BCUT2D eigenvalue weighted by atomic mass is 16.2. The van der Waals surface area contributed by atoms with Gasteiger partial charge >= 0.3 is 0 Å². The van der Waals surface area contributed by atoms with Gasteiger partial charge in [0.05, 0.1) is 17.2 Å². The molecule has 2 amide bonds. The van der Waals surface area contributed by atoms with Crippen molar-refractivity contribution in [2.45, 2.75) is 57.5 Å². The summed E-state index contributed by atoms with van der Waals surface area (Å²) in [6.07, 6.45) is 8.93. The molecule has 1 fully saturated rings. The molecular weight excluding hydrogens is 456 g/mol. The fourth-order valence-corrected chi connectivity index (χ4v) is 4.15. The van der Waals surface area contributed by atoms with E-state index in [4.69, 9.17) is 11.5 Å². The van der Waals surface area contributed by atoms with Crippen LogP contribution >= 0.6 is 0 Å². The second-order valence-electron chi connectivity index (χ2n) is 10.2. The number of carbonyl (C=O) groups is 2. The van der Waals surface area contributed by atoms with Gasteiger partial charge in [0, 0.05) is 36.7 Å². The lowest BCUT2D eigenvalue weighted by molar-refractivity contribution is -0.134. The summed E-state index contributed by atoms with van der Waals surface area (Å²) < 4.78 is 1.45. The molecule has 1 aromatic carbocycles. The highest BCUT2D eigenvalue weighted by Gasteiger charge is 2.43. The molecule has 1 aliphatic carbocycles. The average molecular weight is 489 g/mol. The molecule has 2 aromatic heterocycles. The minimum absolute atomic E-state index is 0.0373. The molecule has 3 aromatic rings. The summed E-state index contributed by atoms with van der Waals surface area (Å²) in [7, 11) is 1.75. The van der Waals surface area contributed by atoms with Crippen LogP contribution < -0.4 is 11.5 Å². The number of nitrogens with two attached hydrogens (primary N) is 2. The van der Waals surface area contributed by atoms with Crippen molar-refractivity contribution in [3.05, 3.63) is 60.2 Å².